The van der Waals surface area contributed by atoms with Crippen LogP contribution in [0, 0.1) is 5.82 Å². The standard InChI is InChI=1S/C17H16FN5O2/c1-12(10-13-5-7-14(18)8-6-13)23-11-16(25-22-23)21-17(24)20-15-4-2-3-9-19-15/h2-9,11-12H,10H2,1H3,(H-,19,20,21,22,24)/p+1. The Bertz CT molecular complexity index is 836. The van der Waals surface area contributed by atoms with Crippen LogP contribution in [0.5, 0.6) is 0 Å². The smallest absolute Gasteiger partial charge is 0.292 e. The first-order valence-electron chi connectivity index (χ1n) is 7.72. The minimum absolute atomic E-state index is 0.0244. The average Bonchev–Trinajstić information content (AvgIpc) is 3.06. The summed E-state index contributed by atoms with van der Waals surface area (Å²) in [5, 5.41) is 9.03. The summed E-state index contributed by atoms with van der Waals surface area (Å²) in [7, 11) is 0. The van der Waals surface area contributed by atoms with Gasteiger partial charge in [-0.1, -0.05) is 18.2 Å². The van der Waals surface area contributed by atoms with E-state index in [0.29, 0.717) is 12.2 Å². The molecule has 8 heteroatoms. The van der Waals surface area contributed by atoms with E-state index in [4.69, 9.17) is 4.52 Å². The Kier molecular flexibility index (Phi) is 4.98. The molecule has 1 aromatic carbocycles. The van der Waals surface area contributed by atoms with Crippen molar-refractivity contribution in [1.29, 1.82) is 0 Å². The number of aromatic nitrogens is 3. The van der Waals surface area contributed by atoms with E-state index in [9.17, 15) is 9.18 Å². The molecule has 0 aliphatic carbocycles. The van der Waals surface area contributed by atoms with Crippen LogP contribution in [-0.4, -0.2) is 16.3 Å². The average molecular weight is 342 g/mol. The maximum Gasteiger partial charge on any atom is 0.327 e. The summed E-state index contributed by atoms with van der Waals surface area (Å²) in [4.78, 5) is 15.9. The molecule has 0 saturated heterocycles. The van der Waals surface area contributed by atoms with E-state index < -0.39 is 6.03 Å². The molecular weight excluding hydrogens is 325 g/mol. The number of amides is 2. The number of carbonyl (C=O) groups is 1. The second-order valence-electron chi connectivity index (χ2n) is 5.52. The third-order valence-corrected chi connectivity index (χ3v) is 3.52. The lowest BCUT2D eigenvalue weighted by molar-refractivity contribution is -0.782. The number of hydrogen-bond donors (Lipinski definition) is 2. The summed E-state index contributed by atoms with van der Waals surface area (Å²) in [6.07, 6.45) is 3.82. The first-order valence-corrected chi connectivity index (χ1v) is 7.72. The highest BCUT2D eigenvalue weighted by Gasteiger charge is 2.21. The van der Waals surface area contributed by atoms with E-state index in [1.165, 1.54) is 12.1 Å². The van der Waals surface area contributed by atoms with E-state index in [2.05, 4.69) is 20.9 Å². The van der Waals surface area contributed by atoms with Crippen LogP contribution < -0.4 is 15.3 Å². The van der Waals surface area contributed by atoms with Crippen molar-refractivity contribution in [2.75, 3.05) is 10.6 Å². The van der Waals surface area contributed by atoms with E-state index in [-0.39, 0.29) is 17.7 Å². The van der Waals surface area contributed by atoms with Crippen molar-refractivity contribution < 1.29 is 18.4 Å². The Balaban J connectivity index is 1.57. The van der Waals surface area contributed by atoms with Crippen molar-refractivity contribution in [2.45, 2.75) is 19.4 Å². The van der Waals surface area contributed by atoms with Crippen molar-refractivity contribution in [1.82, 2.24) is 10.3 Å². The van der Waals surface area contributed by atoms with Gasteiger partial charge in [-0.05, 0) is 34.5 Å². The van der Waals surface area contributed by atoms with Crippen molar-refractivity contribution in [2.24, 2.45) is 0 Å². The third-order valence-electron chi connectivity index (χ3n) is 3.52. The van der Waals surface area contributed by atoms with Gasteiger partial charge in [0.1, 0.15) is 11.6 Å². The lowest BCUT2D eigenvalue weighted by Gasteiger charge is -2.02. The summed E-state index contributed by atoms with van der Waals surface area (Å²) in [6, 6.07) is 11.0. The molecule has 128 valence electrons. The van der Waals surface area contributed by atoms with Crippen LogP contribution in [0.4, 0.5) is 20.9 Å². The number of hydrogen-bond acceptors (Lipinski definition) is 4. The highest BCUT2D eigenvalue weighted by molar-refractivity contribution is 5.97. The van der Waals surface area contributed by atoms with Gasteiger partial charge in [0.2, 0.25) is 5.27 Å². The van der Waals surface area contributed by atoms with E-state index in [1.54, 1.807) is 47.4 Å². The van der Waals surface area contributed by atoms with Crippen LogP contribution in [0.25, 0.3) is 0 Å². The van der Waals surface area contributed by atoms with Crippen molar-refractivity contribution in [3.05, 3.63) is 66.2 Å². The van der Waals surface area contributed by atoms with Crippen LogP contribution in [0.2, 0.25) is 0 Å². The highest BCUT2D eigenvalue weighted by atomic mass is 19.1. The summed E-state index contributed by atoms with van der Waals surface area (Å²) in [6.45, 7) is 1.95. The fourth-order valence-corrected chi connectivity index (χ4v) is 2.27. The lowest BCUT2D eigenvalue weighted by Crippen LogP contribution is -2.40. The fraction of sp³-hybridized carbons (Fsp3) is 0.176. The molecule has 1 atom stereocenters. The first-order chi connectivity index (χ1) is 12.1. The molecule has 0 aliphatic rings. The second-order valence-corrected chi connectivity index (χ2v) is 5.52. The van der Waals surface area contributed by atoms with Crippen molar-refractivity contribution in [3.8, 4) is 0 Å². The number of carbonyl (C=O) groups excluding carboxylic acids is 1. The molecule has 7 nitrogen and oxygen atoms in total. The summed E-state index contributed by atoms with van der Waals surface area (Å²) in [5.74, 6) is 0.368. The molecule has 2 amide bonds. The van der Waals surface area contributed by atoms with E-state index in [1.807, 2.05) is 6.92 Å². The van der Waals surface area contributed by atoms with Gasteiger partial charge in [-0.2, -0.15) is 0 Å². The molecule has 2 heterocycles. The molecule has 0 spiro atoms. The van der Waals surface area contributed by atoms with Crippen molar-refractivity contribution in [3.63, 3.8) is 0 Å². The molecule has 2 aromatic heterocycles. The fourth-order valence-electron chi connectivity index (χ4n) is 2.27. The quantitative estimate of drug-likeness (QED) is 0.698. The van der Waals surface area contributed by atoms with Crippen LogP contribution >= 0.6 is 0 Å². The Morgan fingerprint density at radius 1 is 1.24 bits per heavy atom. The molecule has 2 N–H and O–H groups in total. The first kappa shape index (κ1) is 16.6. The Hall–Kier alpha value is -3.29. The number of urea groups is 1. The number of pyridine rings is 1. The van der Waals surface area contributed by atoms with E-state index in [0.717, 1.165) is 5.56 Å². The van der Waals surface area contributed by atoms with Gasteiger partial charge in [-0.3, -0.25) is 15.2 Å². The Morgan fingerprint density at radius 2 is 2.04 bits per heavy atom. The molecule has 3 rings (SSSR count). The molecular formula is C17H17FN5O2+. The van der Waals surface area contributed by atoms with Gasteiger partial charge in [-0.25, -0.2) is 14.2 Å². The minimum atomic E-state index is -0.479. The molecule has 0 bridgehead atoms. The van der Waals surface area contributed by atoms with Crippen molar-refractivity contribution >= 4 is 17.7 Å². The molecule has 0 aliphatic heterocycles. The number of nitrogens with one attached hydrogen (secondary N) is 2. The van der Waals surface area contributed by atoms with Gasteiger partial charge in [-0.15, -0.1) is 0 Å². The topological polar surface area (TPSA) is 83.9 Å². The maximum atomic E-state index is 12.9. The number of anilines is 2. The third kappa shape index (κ3) is 4.60. The monoisotopic (exact) mass is 342 g/mol. The van der Waals surface area contributed by atoms with Gasteiger partial charge in [0, 0.05) is 19.5 Å². The summed E-state index contributed by atoms with van der Waals surface area (Å²) >= 11 is 0. The molecule has 0 saturated carbocycles. The highest BCUT2D eigenvalue weighted by Crippen LogP contribution is 2.11. The normalized spacial score (nSPS) is 11.8. The van der Waals surface area contributed by atoms with Gasteiger partial charge >= 0.3 is 11.9 Å². The van der Waals surface area contributed by atoms with Gasteiger partial charge in [0.05, 0.1) is 0 Å². The second kappa shape index (κ2) is 7.52. The zero-order valence-electron chi connectivity index (χ0n) is 13.5. The lowest BCUT2D eigenvalue weighted by atomic mass is 10.1. The van der Waals surface area contributed by atoms with Gasteiger partial charge in [0.25, 0.3) is 6.20 Å². The largest absolute Gasteiger partial charge is 0.327 e. The van der Waals surface area contributed by atoms with Crippen LogP contribution in [0.3, 0.4) is 0 Å². The molecule has 0 radical (unpaired) electrons. The number of benzene rings is 1. The zero-order chi connectivity index (χ0) is 17.6. The predicted octanol–water partition coefficient (Wildman–Crippen LogP) is 2.94. The van der Waals surface area contributed by atoms with E-state index >= 15 is 0 Å². The number of rotatable bonds is 5. The SMILES string of the molecule is CC(Cc1ccc(F)cc1)[n+]1cc(NC(=O)Nc2ccccn2)on1. The number of nitrogens with zero attached hydrogens (tertiary/aromatic N) is 3. The Labute approximate surface area is 143 Å². The molecule has 25 heavy (non-hydrogen) atoms. The predicted molar refractivity (Wildman–Crippen MR) is 88.4 cm³/mol. The van der Waals surface area contributed by atoms with Gasteiger partial charge < -0.3 is 0 Å². The molecule has 0 fully saturated rings. The maximum absolute atomic E-state index is 12.9. The van der Waals surface area contributed by atoms with Crippen LogP contribution in [0.15, 0.2) is 59.4 Å². The summed E-state index contributed by atoms with van der Waals surface area (Å²) < 4.78 is 19.7. The number of halogens is 1. The Morgan fingerprint density at radius 3 is 2.76 bits per heavy atom. The molecule has 3 aromatic rings. The van der Waals surface area contributed by atoms with Crippen LogP contribution in [-0.2, 0) is 6.42 Å². The van der Waals surface area contributed by atoms with Gasteiger partial charge in [0.15, 0.2) is 6.04 Å². The summed E-state index contributed by atoms with van der Waals surface area (Å²) in [5.41, 5.74) is 0.979. The molecule has 1 unspecified atom stereocenters. The zero-order valence-corrected chi connectivity index (χ0v) is 13.5. The van der Waals surface area contributed by atoms with Crippen LogP contribution in [0.1, 0.15) is 18.5 Å². The minimum Gasteiger partial charge on any atom is -0.292 e.